The van der Waals surface area contributed by atoms with Gasteiger partial charge in [0.2, 0.25) is 5.91 Å². The largest absolute Gasteiger partial charge is 0.375 e. The van der Waals surface area contributed by atoms with E-state index in [4.69, 9.17) is 4.74 Å². The summed E-state index contributed by atoms with van der Waals surface area (Å²) in [7, 11) is 0. The van der Waals surface area contributed by atoms with Gasteiger partial charge in [0.1, 0.15) is 6.54 Å². The van der Waals surface area contributed by atoms with Crippen LogP contribution in [-0.2, 0) is 16.1 Å². The van der Waals surface area contributed by atoms with Gasteiger partial charge in [-0.25, -0.2) is 0 Å². The predicted octanol–water partition coefficient (Wildman–Crippen LogP) is 2.31. The van der Waals surface area contributed by atoms with E-state index in [-0.39, 0.29) is 11.5 Å². The summed E-state index contributed by atoms with van der Waals surface area (Å²) in [6, 6.07) is 2.66. The molecule has 7 heteroatoms. The Balaban J connectivity index is 1.27. The highest BCUT2D eigenvalue weighted by molar-refractivity contribution is 5.76. The van der Waals surface area contributed by atoms with Gasteiger partial charge in [-0.05, 0) is 51.5 Å². The number of hydrogen-bond acceptors (Lipinski definition) is 5. The number of aryl methyl sites for hydroxylation is 2. The van der Waals surface area contributed by atoms with Crippen molar-refractivity contribution in [2.24, 2.45) is 5.92 Å². The molecule has 7 nitrogen and oxygen atoms in total. The molecule has 3 aliphatic rings. The highest BCUT2D eigenvalue weighted by atomic mass is 16.5. The maximum absolute atomic E-state index is 12.8. The lowest BCUT2D eigenvalue weighted by Crippen LogP contribution is -2.57. The second-order valence-corrected chi connectivity index (χ2v) is 10.4. The summed E-state index contributed by atoms with van der Waals surface area (Å²) in [5, 5.41) is 4.45. The Morgan fingerprint density at radius 3 is 2.48 bits per heavy atom. The number of aromatic nitrogens is 2. The number of carbonyl (C=O) groups excluding carboxylic acids is 1. The van der Waals surface area contributed by atoms with Crippen LogP contribution in [0.15, 0.2) is 6.07 Å². The number of ether oxygens (including phenoxy) is 1. The molecule has 0 aliphatic carbocycles. The van der Waals surface area contributed by atoms with Gasteiger partial charge in [-0.1, -0.05) is 13.8 Å². The maximum atomic E-state index is 12.8. The number of likely N-dealkylation sites (tertiary alicyclic amines) is 1. The highest BCUT2D eigenvalue weighted by Gasteiger charge is 2.43. The minimum Gasteiger partial charge on any atom is -0.375 e. The zero-order valence-electron chi connectivity index (χ0n) is 20.0. The van der Waals surface area contributed by atoms with Crippen LogP contribution in [0.3, 0.4) is 0 Å². The van der Waals surface area contributed by atoms with Crippen molar-refractivity contribution in [1.82, 2.24) is 24.5 Å². The van der Waals surface area contributed by atoms with Crippen LogP contribution in [0.25, 0.3) is 0 Å². The summed E-state index contributed by atoms with van der Waals surface area (Å²) in [4.78, 5) is 20.2. The first kappa shape index (κ1) is 22.7. The van der Waals surface area contributed by atoms with E-state index in [2.05, 4.69) is 28.7 Å². The first-order valence-electron chi connectivity index (χ1n) is 12.2. The van der Waals surface area contributed by atoms with Crippen LogP contribution in [-0.4, -0.2) is 94.5 Å². The smallest absolute Gasteiger partial charge is 0.244 e. The molecular weight excluding hydrogens is 390 g/mol. The third kappa shape index (κ3) is 5.49. The lowest BCUT2D eigenvalue weighted by Gasteiger charge is -2.49. The summed E-state index contributed by atoms with van der Waals surface area (Å²) < 4.78 is 8.20. The van der Waals surface area contributed by atoms with Crippen LogP contribution >= 0.6 is 0 Å². The molecule has 1 spiro atoms. The van der Waals surface area contributed by atoms with Gasteiger partial charge < -0.3 is 14.5 Å². The van der Waals surface area contributed by atoms with Crippen molar-refractivity contribution in [2.75, 3.05) is 52.4 Å². The highest BCUT2D eigenvalue weighted by Crippen LogP contribution is 2.37. The number of rotatable bonds is 5. The normalized spacial score (nSPS) is 25.5. The number of amides is 1. The molecule has 0 saturated carbocycles. The fourth-order valence-electron chi connectivity index (χ4n) is 5.72. The quantitative estimate of drug-likeness (QED) is 0.716. The van der Waals surface area contributed by atoms with E-state index in [1.54, 1.807) is 0 Å². The molecule has 3 saturated heterocycles. The van der Waals surface area contributed by atoms with Crippen LogP contribution < -0.4 is 0 Å². The van der Waals surface area contributed by atoms with Crippen LogP contribution in [0, 0.1) is 19.8 Å². The number of carbonyl (C=O) groups is 1. The van der Waals surface area contributed by atoms with Crippen molar-refractivity contribution in [2.45, 2.75) is 71.6 Å². The predicted molar refractivity (Wildman–Crippen MR) is 122 cm³/mol. The topological polar surface area (TPSA) is 53.8 Å². The second-order valence-electron chi connectivity index (χ2n) is 10.4. The fraction of sp³-hybridized carbons (Fsp3) is 0.833. The Labute approximate surface area is 187 Å². The van der Waals surface area contributed by atoms with Gasteiger partial charge in [0.15, 0.2) is 0 Å². The van der Waals surface area contributed by atoms with Gasteiger partial charge in [0, 0.05) is 64.2 Å². The van der Waals surface area contributed by atoms with Crippen molar-refractivity contribution in [3.05, 3.63) is 17.5 Å². The molecule has 31 heavy (non-hydrogen) atoms. The monoisotopic (exact) mass is 431 g/mol. The third-order valence-corrected chi connectivity index (χ3v) is 7.43. The first-order valence-corrected chi connectivity index (χ1v) is 12.2. The van der Waals surface area contributed by atoms with E-state index in [1.165, 1.54) is 32.7 Å². The minimum atomic E-state index is -0.0348. The molecule has 1 aromatic heterocycles. The van der Waals surface area contributed by atoms with E-state index in [1.807, 2.05) is 29.5 Å². The summed E-state index contributed by atoms with van der Waals surface area (Å²) in [5.41, 5.74) is 1.98. The molecule has 4 heterocycles. The average Bonchev–Trinajstić information content (AvgIpc) is 3.05. The maximum Gasteiger partial charge on any atom is 0.244 e. The van der Waals surface area contributed by atoms with Crippen molar-refractivity contribution < 1.29 is 9.53 Å². The summed E-state index contributed by atoms with van der Waals surface area (Å²) in [5.74, 6) is 0.918. The van der Waals surface area contributed by atoms with Gasteiger partial charge in [-0.3, -0.25) is 14.4 Å². The van der Waals surface area contributed by atoms with E-state index < -0.39 is 0 Å². The SMILES string of the molecule is Cc1cc(C)n(CC(=O)N2CCC3(CC2)CC(N2CCN(CC(C)C)CC2)CCO3)n1. The molecule has 4 rings (SSSR count). The molecule has 3 fully saturated rings. The molecule has 174 valence electrons. The Kier molecular flexibility index (Phi) is 7.04. The molecule has 1 atom stereocenters. The van der Waals surface area contributed by atoms with E-state index in [0.29, 0.717) is 12.6 Å². The summed E-state index contributed by atoms with van der Waals surface area (Å²) in [6.07, 6.45) is 4.18. The van der Waals surface area contributed by atoms with Gasteiger partial charge in [-0.15, -0.1) is 0 Å². The van der Waals surface area contributed by atoms with Crippen LogP contribution in [0.2, 0.25) is 0 Å². The number of piperazine rings is 1. The first-order chi connectivity index (χ1) is 14.8. The molecule has 0 bridgehead atoms. The Hall–Kier alpha value is -1.44. The fourth-order valence-corrected chi connectivity index (χ4v) is 5.72. The zero-order chi connectivity index (χ0) is 22.0. The lowest BCUT2D eigenvalue weighted by molar-refractivity contribution is -0.150. The average molecular weight is 432 g/mol. The lowest BCUT2D eigenvalue weighted by atomic mass is 9.81. The van der Waals surface area contributed by atoms with Crippen LogP contribution in [0.1, 0.15) is 50.9 Å². The van der Waals surface area contributed by atoms with Gasteiger partial charge in [0.25, 0.3) is 0 Å². The van der Waals surface area contributed by atoms with Gasteiger partial charge in [-0.2, -0.15) is 5.10 Å². The van der Waals surface area contributed by atoms with Gasteiger partial charge >= 0.3 is 0 Å². The van der Waals surface area contributed by atoms with Gasteiger partial charge in [0.05, 0.1) is 11.3 Å². The molecule has 1 aromatic rings. The van der Waals surface area contributed by atoms with E-state index >= 15 is 0 Å². The number of hydrogen-bond donors (Lipinski definition) is 0. The second kappa shape index (κ2) is 9.59. The Bertz CT molecular complexity index is 745. The molecule has 0 N–H and O–H groups in total. The van der Waals surface area contributed by atoms with E-state index in [9.17, 15) is 4.79 Å². The molecule has 3 aliphatic heterocycles. The standard InChI is InChI=1S/C24H41N5O2/c1-19(2)17-26-10-12-27(13-11-26)22-5-14-31-24(16-22)6-8-28(9-7-24)23(30)18-29-21(4)15-20(3)25-29/h15,19,22H,5-14,16-18H2,1-4H3. The van der Waals surface area contributed by atoms with Crippen LogP contribution in [0.5, 0.6) is 0 Å². The third-order valence-electron chi connectivity index (χ3n) is 7.43. The Morgan fingerprint density at radius 2 is 1.87 bits per heavy atom. The molecule has 1 amide bonds. The Morgan fingerprint density at radius 1 is 1.16 bits per heavy atom. The van der Waals surface area contributed by atoms with Crippen molar-refractivity contribution in [3.63, 3.8) is 0 Å². The van der Waals surface area contributed by atoms with Crippen molar-refractivity contribution in [1.29, 1.82) is 0 Å². The van der Waals surface area contributed by atoms with E-state index in [0.717, 1.165) is 62.7 Å². The minimum absolute atomic E-state index is 0.0348. The molecule has 0 radical (unpaired) electrons. The number of piperidine rings is 1. The summed E-state index contributed by atoms with van der Waals surface area (Å²) in [6.45, 7) is 17.4. The summed E-state index contributed by atoms with van der Waals surface area (Å²) >= 11 is 0. The number of nitrogens with zero attached hydrogens (tertiary/aromatic N) is 5. The van der Waals surface area contributed by atoms with Crippen molar-refractivity contribution >= 4 is 5.91 Å². The zero-order valence-corrected chi connectivity index (χ0v) is 20.0. The molecule has 1 unspecified atom stereocenters. The molecular formula is C24H41N5O2. The van der Waals surface area contributed by atoms with Crippen molar-refractivity contribution in [3.8, 4) is 0 Å². The van der Waals surface area contributed by atoms with Crippen LogP contribution in [0.4, 0.5) is 0 Å². The molecule has 0 aromatic carbocycles.